The molecule has 0 aliphatic carbocycles. The van der Waals surface area contributed by atoms with Gasteiger partial charge in [0.05, 0.1) is 11.0 Å². The van der Waals surface area contributed by atoms with Crippen molar-refractivity contribution >= 4 is 23.0 Å². The molecule has 2 amide bonds. The van der Waals surface area contributed by atoms with Gasteiger partial charge >= 0.3 is 6.03 Å². The first-order chi connectivity index (χ1) is 16.6. The first-order valence-corrected chi connectivity index (χ1v) is 12.3. The van der Waals surface area contributed by atoms with E-state index in [0.717, 1.165) is 74.4 Å². The topological polar surface area (TPSA) is 99.0 Å². The summed E-state index contributed by atoms with van der Waals surface area (Å²) in [5, 5.41) is 2.73. The molecule has 2 aliphatic heterocycles. The van der Waals surface area contributed by atoms with E-state index in [1.807, 2.05) is 35.2 Å². The van der Waals surface area contributed by atoms with Crippen LogP contribution >= 0.6 is 0 Å². The average molecular weight is 483 g/mol. The number of nitrogens with zero attached hydrogens (tertiary/aromatic N) is 4. The van der Waals surface area contributed by atoms with Crippen LogP contribution in [0.15, 0.2) is 48.5 Å². The summed E-state index contributed by atoms with van der Waals surface area (Å²) in [5.41, 5.74) is 3.06. The van der Waals surface area contributed by atoms with E-state index in [1.54, 1.807) is 7.05 Å². The van der Waals surface area contributed by atoms with E-state index >= 15 is 0 Å². The minimum atomic E-state index is -0.213. The van der Waals surface area contributed by atoms with E-state index < -0.39 is 0 Å². The molecule has 4 N–H and O–H groups in total. The molecule has 0 radical (unpaired) electrons. The van der Waals surface area contributed by atoms with Crippen LogP contribution in [-0.2, 0) is 6.54 Å². The van der Waals surface area contributed by atoms with E-state index in [-0.39, 0.29) is 17.3 Å². The maximum atomic E-state index is 13.5. The van der Waals surface area contributed by atoms with Crippen LogP contribution in [-0.4, -0.2) is 76.6 Å². The number of carbonyl (C=O) groups is 1. The zero-order chi connectivity index (χ0) is 23.5. The molecule has 3 heterocycles. The Bertz CT molecular complexity index is 1070. The van der Waals surface area contributed by atoms with E-state index in [0.29, 0.717) is 18.6 Å². The highest BCUT2D eigenvalue weighted by Gasteiger charge is 2.32. The van der Waals surface area contributed by atoms with Crippen molar-refractivity contribution in [3.8, 4) is 0 Å². The number of likely N-dealkylation sites (tertiary alicyclic amines) is 2. The molecule has 1 aromatic heterocycles. The van der Waals surface area contributed by atoms with Gasteiger partial charge in [0.15, 0.2) is 0 Å². The molecule has 2 saturated heterocycles. The molecule has 0 bridgehead atoms. The van der Waals surface area contributed by atoms with Crippen molar-refractivity contribution in [2.75, 3.05) is 38.1 Å². The predicted molar refractivity (Wildman–Crippen MR) is 136 cm³/mol. The lowest BCUT2D eigenvalue weighted by molar-refractivity contribution is 0.0954. The number of amides is 2. The predicted octanol–water partition coefficient (Wildman–Crippen LogP) is 3.15. The number of aromatic amines is 1. The lowest BCUT2D eigenvalue weighted by Gasteiger charge is -2.44. The number of anilines is 1. The first kappa shape index (κ1) is 24.9. The molecule has 8 nitrogen and oxygen atoms in total. The fraction of sp³-hybridized carbons (Fsp3) is 0.462. The molecule has 188 valence electrons. The quantitative estimate of drug-likeness (QED) is 0.584. The Balaban J connectivity index is 0.00000289. The molecule has 9 heteroatoms. The zero-order valence-corrected chi connectivity index (χ0v) is 20.2. The fourth-order valence-corrected chi connectivity index (χ4v) is 5.39. The molecular weight excluding hydrogens is 447 g/mol. The maximum Gasteiger partial charge on any atom is 0.317 e. The maximum absolute atomic E-state index is 13.5. The Morgan fingerprint density at radius 2 is 1.74 bits per heavy atom. The van der Waals surface area contributed by atoms with Gasteiger partial charge in [-0.2, -0.15) is 0 Å². The van der Waals surface area contributed by atoms with Gasteiger partial charge in [-0.3, -0.25) is 0 Å². The summed E-state index contributed by atoms with van der Waals surface area (Å²) < 4.78 is 13.5. The molecular formula is C26H35FN6O2. The number of nitrogens with one attached hydrogen (secondary N) is 2. The van der Waals surface area contributed by atoms with Crippen molar-refractivity contribution in [3.63, 3.8) is 0 Å². The van der Waals surface area contributed by atoms with Gasteiger partial charge in [-0.05, 0) is 55.5 Å². The number of urea groups is 1. The van der Waals surface area contributed by atoms with E-state index in [9.17, 15) is 9.18 Å². The number of hydrogen-bond donors (Lipinski definition) is 2. The minimum Gasteiger partial charge on any atom is -0.412 e. The fourth-order valence-electron chi connectivity index (χ4n) is 5.39. The number of rotatable bonds is 5. The number of fused-ring (bicyclic) bond motifs is 1. The summed E-state index contributed by atoms with van der Waals surface area (Å²) in [6, 6.07) is 15.8. The Kier molecular flexibility index (Phi) is 7.87. The van der Waals surface area contributed by atoms with Crippen molar-refractivity contribution < 1.29 is 14.7 Å². The van der Waals surface area contributed by atoms with E-state index in [1.165, 1.54) is 12.1 Å². The third-order valence-corrected chi connectivity index (χ3v) is 7.34. The largest absolute Gasteiger partial charge is 0.412 e. The lowest BCUT2D eigenvalue weighted by atomic mass is 9.97. The molecule has 5 rings (SSSR count). The van der Waals surface area contributed by atoms with Gasteiger partial charge in [-0.1, -0.05) is 24.3 Å². The highest BCUT2D eigenvalue weighted by atomic mass is 19.1. The Hall–Kier alpha value is -3.17. The SMILES string of the molecule is CNC(=O)N1CCC(N2CCC(N(Cc3ccc(F)cc3)c3nc4ccccc4[nH]3)CC2)CC1.O. The summed E-state index contributed by atoms with van der Waals surface area (Å²) >= 11 is 0. The third-order valence-electron chi connectivity index (χ3n) is 7.34. The standard InChI is InChI=1S/C26H33FN6O.H2O/c1-28-26(34)32-16-10-21(11-17-32)31-14-12-22(13-15-31)33(18-19-6-8-20(27)9-7-19)25-29-23-4-2-3-5-24(23)30-25;/h2-9,21-22H,10-18H2,1H3,(H,28,34)(H,29,30);1H2. The summed E-state index contributed by atoms with van der Waals surface area (Å²) in [6.45, 7) is 4.40. The van der Waals surface area contributed by atoms with Crippen LogP contribution < -0.4 is 10.2 Å². The third kappa shape index (κ3) is 5.57. The second-order valence-corrected chi connectivity index (χ2v) is 9.37. The normalized spacial score (nSPS) is 17.8. The Labute approximate surface area is 205 Å². The number of imidazole rings is 1. The molecule has 3 aromatic rings. The van der Waals surface area contributed by atoms with Gasteiger partial charge in [0.1, 0.15) is 5.82 Å². The molecule has 2 aliphatic rings. The molecule has 0 atom stereocenters. The Morgan fingerprint density at radius 1 is 1.06 bits per heavy atom. The van der Waals surface area contributed by atoms with Crippen LogP contribution in [0.3, 0.4) is 0 Å². The number of benzene rings is 2. The second-order valence-electron chi connectivity index (χ2n) is 9.37. The van der Waals surface area contributed by atoms with E-state index in [4.69, 9.17) is 4.98 Å². The highest BCUT2D eigenvalue weighted by Crippen LogP contribution is 2.28. The molecule has 35 heavy (non-hydrogen) atoms. The van der Waals surface area contributed by atoms with Crippen LogP contribution in [0, 0.1) is 5.82 Å². The molecule has 2 fully saturated rings. The van der Waals surface area contributed by atoms with Gasteiger partial charge in [0, 0.05) is 51.9 Å². The van der Waals surface area contributed by atoms with Crippen LogP contribution in [0.25, 0.3) is 11.0 Å². The molecule has 0 unspecified atom stereocenters. The van der Waals surface area contributed by atoms with Gasteiger partial charge in [0.25, 0.3) is 0 Å². The van der Waals surface area contributed by atoms with Gasteiger partial charge < -0.3 is 30.5 Å². The summed E-state index contributed by atoms with van der Waals surface area (Å²) in [4.78, 5) is 27.2. The van der Waals surface area contributed by atoms with Crippen LogP contribution in [0.2, 0.25) is 0 Å². The second kappa shape index (κ2) is 11.0. The van der Waals surface area contributed by atoms with Crippen molar-refractivity contribution in [1.82, 2.24) is 25.1 Å². The number of hydrogen-bond acceptors (Lipinski definition) is 4. The van der Waals surface area contributed by atoms with Crippen molar-refractivity contribution in [3.05, 3.63) is 59.9 Å². The summed E-state index contributed by atoms with van der Waals surface area (Å²) in [6.07, 6.45) is 4.16. The number of carbonyl (C=O) groups excluding carboxylic acids is 1. The van der Waals surface area contributed by atoms with Gasteiger partial charge in [-0.25, -0.2) is 14.2 Å². The monoisotopic (exact) mass is 482 g/mol. The number of piperidine rings is 2. The van der Waals surface area contributed by atoms with Crippen LogP contribution in [0.1, 0.15) is 31.2 Å². The smallest absolute Gasteiger partial charge is 0.317 e. The first-order valence-electron chi connectivity index (χ1n) is 12.3. The summed E-state index contributed by atoms with van der Waals surface area (Å²) in [7, 11) is 1.69. The number of H-pyrrole nitrogens is 1. The molecule has 0 spiro atoms. The van der Waals surface area contributed by atoms with Crippen LogP contribution in [0.5, 0.6) is 0 Å². The lowest BCUT2D eigenvalue weighted by Crippen LogP contribution is -2.52. The van der Waals surface area contributed by atoms with Crippen LogP contribution in [0.4, 0.5) is 15.1 Å². The number of halogens is 1. The number of para-hydroxylation sites is 2. The van der Waals surface area contributed by atoms with Gasteiger partial charge in [-0.15, -0.1) is 0 Å². The van der Waals surface area contributed by atoms with Gasteiger partial charge in [0.2, 0.25) is 5.95 Å². The summed E-state index contributed by atoms with van der Waals surface area (Å²) in [5.74, 6) is 0.665. The minimum absolute atomic E-state index is 0. The van der Waals surface area contributed by atoms with Crippen molar-refractivity contribution in [1.29, 1.82) is 0 Å². The van der Waals surface area contributed by atoms with Crippen molar-refractivity contribution in [2.45, 2.75) is 44.3 Å². The number of aromatic nitrogens is 2. The van der Waals surface area contributed by atoms with Crippen molar-refractivity contribution in [2.24, 2.45) is 0 Å². The molecule has 2 aromatic carbocycles. The zero-order valence-electron chi connectivity index (χ0n) is 20.2. The van der Waals surface area contributed by atoms with E-state index in [2.05, 4.69) is 26.2 Å². The Morgan fingerprint density at radius 3 is 2.40 bits per heavy atom. The average Bonchev–Trinajstić information content (AvgIpc) is 3.32. The molecule has 0 saturated carbocycles. The highest BCUT2D eigenvalue weighted by molar-refractivity contribution is 5.77.